The first-order chi connectivity index (χ1) is 10.6. The van der Waals surface area contributed by atoms with Crippen LogP contribution in [0.1, 0.15) is 44.9 Å². The molecular weight excluding hydrogens is 288 g/mol. The summed E-state index contributed by atoms with van der Waals surface area (Å²) in [6, 6.07) is 0. The summed E-state index contributed by atoms with van der Waals surface area (Å²) in [4.78, 5) is 0. The van der Waals surface area contributed by atoms with Crippen LogP contribution in [0.25, 0.3) is 0 Å². The fourth-order valence-electron chi connectivity index (χ4n) is 2.50. The maximum absolute atomic E-state index is 9.79. The second kappa shape index (κ2) is 11.1. The zero-order valence-electron chi connectivity index (χ0n) is 13.1. The van der Waals surface area contributed by atoms with Crippen LogP contribution in [-0.4, -0.2) is 64.3 Å². The van der Waals surface area contributed by atoms with Crippen LogP contribution in [0.4, 0.5) is 0 Å². The molecule has 0 aromatic carbocycles. The molecule has 0 unspecified atom stereocenters. The summed E-state index contributed by atoms with van der Waals surface area (Å²) >= 11 is 0. The summed E-state index contributed by atoms with van der Waals surface area (Å²) in [5.41, 5.74) is 0. The highest BCUT2D eigenvalue weighted by molar-refractivity contribution is 4.88. The van der Waals surface area contributed by atoms with Gasteiger partial charge in [0, 0.05) is 6.61 Å². The van der Waals surface area contributed by atoms with Gasteiger partial charge in [0.15, 0.2) is 6.29 Å². The molecule has 0 spiro atoms. The van der Waals surface area contributed by atoms with E-state index in [1.54, 1.807) is 0 Å². The molecule has 4 N–H and O–H groups in total. The molecule has 0 bridgehead atoms. The van der Waals surface area contributed by atoms with E-state index in [0.717, 1.165) is 25.7 Å². The summed E-state index contributed by atoms with van der Waals surface area (Å²) in [5, 5.41) is 38.2. The van der Waals surface area contributed by atoms with Gasteiger partial charge in [-0.3, -0.25) is 0 Å². The van der Waals surface area contributed by atoms with E-state index in [0.29, 0.717) is 6.61 Å². The first-order valence-electron chi connectivity index (χ1n) is 8.14. The monoisotopic (exact) mass is 318 g/mol. The van der Waals surface area contributed by atoms with Crippen LogP contribution in [0.2, 0.25) is 0 Å². The lowest BCUT2D eigenvalue weighted by atomic mass is 9.99. The number of unbranched alkanes of at least 4 members (excludes halogenated alkanes) is 6. The third-order valence-corrected chi connectivity index (χ3v) is 3.93. The van der Waals surface area contributed by atoms with E-state index in [4.69, 9.17) is 14.6 Å². The molecule has 130 valence electrons. The standard InChI is InChI=1S/C16H30O6/c1-2-3-4-5-6-7-8-9-10-21-16-15(20)14(19)13(18)12(11-17)22-16/h2,12-20H,1,3-11H2/t12-,13+,14+,15-,16-/m1/s1. The van der Waals surface area contributed by atoms with Crippen molar-refractivity contribution in [2.75, 3.05) is 13.2 Å². The number of rotatable bonds is 11. The first-order valence-corrected chi connectivity index (χ1v) is 8.14. The fraction of sp³-hybridized carbons (Fsp3) is 0.875. The SMILES string of the molecule is C=CCCCCCCCCO[C@@H]1O[C@H](CO)[C@H](O)[C@H](O)[C@H]1O. The molecule has 5 atom stereocenters. The van der Waals surface area contributed by atoms with E-state index in [9.17, 15) is 15.3 Å². The van der Waals surface area contributed by atoms with Gasteiger partial charge in [-0.25, -0.2) is 0 Å². The lowest BCUT2D eigenvalue weighted by molar-refractivity contribution is -0.301. The molecule has 1 aliphatic heterocycles. The summed E-state index contributed by atoms with van der Waals surface area (Å²) in [6.45, 7) is 3.67. The molecule has 0 amide bonds. The Morgan fingerprint density at radius 3 is 2.18 bits per heavy atom. The minimum absolute atomic E-state index is 0.412. The van der Waals surface area contributed by atoms with Gasteiger partial charge in [-0.05, 0) is 19.3 Å². The van der Waals surface area contributed by atoms with Crippen LogP contribution in [-0.2, 0) is 9.47 Å². The molecule has 0 aliphatic carbocycles. The van der Waals surface area contributed by atoms with Crippen LogP contribution in [0.15, 0.2) is 12.7 Å². The predicted octanol–water partition coefficient (Wildman–Crippen LogP) is 0.720. The van der Waals surface area contributed by atoms with Crippen molar-refractivity contribution in [3.8, 4) is 0 Å². The third kappa shape index (κ3) is 6.32. The Hall–Kier alpha value is -0.500. The van der Waals surface area contributed by atoms with Crippen molar-refractivity contribution >= 4 is 0 Å². The molecule has 0 radical (unpaired) electrons. The Morgan fingerprint density at radius 1 is 0.909 bits per heavy atom. The maximum atomic E-state index is 9.79. The molecule has 6 heteroatoms. The van der Waals surface area contributed by atoms with Crippen molar-refractivity contribution in [1.82, 2.24) is 0 Å². The van der Waals surface area contributed by atoms with Crippen molar-refractivity contribution in [1.29, 1.82) is 0 Å². The van der Waals surface area contributed by atoms with E-state index >= 15 is 0 Å². The highest BCUT2D eigenvalue weighted by Crippen LogP contribution is 2.22. The Balaban J connectivity index is 2.12. The zero-order valence-corrected chi connectivity index (χ0v) is 13.1. The van der Waals surface area contributed by atoms with Gasteiger partial charge in [0.2, 0.25) is 0 Å². The average Bonchev–Trinajstić information content (AvgIpc) is 2.53. The Kier molecular flexibility index (Phi) is 9.86. The van der Waals surface area contributed by atoms with E-state index in [2.05, 4.69) is 6.58 Å². The van der Waals surface area contributed by atoms with Crippen LogP contribution in [0.5, 0.6) is 0 Å². The molecule has 6 nitrogen and oxygen atoms in total. The maximum Gasteiger partial charge on any atom is 0.186 e. The largest absolute Gasteiger partial charge is 0.394 e. The van der Waals surface area contributed by atoms with Gasteiger partial charge in [0.1, 0.15) is 24.4 Å². The van der Waals surface area contributed by atoms with Crippen molar-refractivity contribution < 1.29 is 29.9 Å². The van der Waals surface area contributed by atoms with Gasteiger partial charge >= 0.3 is 0 Å². The third-order valence-electron chi connectivity index (χ3n) is 3.93. The molecule has 0 aromatic rings. The van der Waals surface area contributed by atoms with Crippen LogP contribution in [0.3, 0.4) is 0 Å². The van der Waals surface area contributed by atoms with Gasteiger partial charge in [-0.2, -0.15) is 0 Å². The van der Waals surface area contributed by atoms with Gasteiger partial charge in [-0.1, -0.05) is 31.8 Å². The van der Waals surface area contributed by atoms with E-state index in [1.807, 2.05) is 6.08 Å². The first kappa shape index (κ1) is 19.5. The molecule has 0 saturated carbocycles. The number of aliphatic hydroxyl groups is 4. The predicted molar refractivity (Wildman–Crippen MR) is 82.2 cm³/mol. The second-order valence-electron chi connectivity index (χ2n) is 5.77. The summed E-state index contributed by atoms with van der Waals surface area (Å²) < 4.78 is 10.7. The van der Waals surface area contributed by atoms with Crippen molar-refractivity contribution in [2.24, 2.45) is 0 Å². The lowest BCUT2D eigenvalue weighted by Crippen LogP contribution is -2.59. The lowest BCUT2D eigenvalue weighted by Gasteiger charge is -2.39. The van der Waals surface area contributed by atoms with Crippen LogP contribution in [0, 0.1) is 0 Å². The van der Waals surface area contributed by atoms with Crippen molar-refractivity contribution in [2.45, 2.75) is 75.7 Å². The molecule has 1 saturated heterocycles. The summed E-state index contributed by atoms with van der Waals surface area (Å²) in [5.74, 6) is 0. The van der Waals surface area contributed by atoms with Gasteiger partial charge in [0.05, 0.1) is 6.61 Å². The zero-order chi connectivity index (χ0) is 16.4. The molecular formula is C16H30O6. The number of ether oxygens (including phenoxy) is 2. The summed E-state index contributed by atoms with van der Waals surface area (Å²) in [6.07, 6.45) is 3.66. The van der Waals surface area contributed by atoms with Crippen LogP contribution >= 0.6 is 0 Å². The van der Waals surface area contributed by atoms with E-state index < -0.39 is 37.3 Å². The quantitative estimate of drug-likeness (QED) is 0.331. The minimum Gasteiger partial charge on any atom is -0.394 e. The van der Waals surface area contributed by atoms with E-state index in [-0.39, 0.29) is 0 Å². The molecule has 1 fully saturated rings. The smallest absolute Gasteiger partial charge is 0.186 e. The minimum atomic E-state index is -1.37. The molecule has 1 rings (SSSR count). The average molecular weight is 318 g/mol. The van der Waals surface area contributed by atoms with Crippen molar-refractivity contribution in [3.05, 3.63) is 12.7 Å². The Bertz CT molecular complexity index is 296. The van der Waals surface area contributed by atoms with Crippen molar-refractivity contribution in [3.63, 3.8) is 0 Å². The topological polar surface area (TPSA) is 99.4 Å². The molecule has 1 aliphatic rings. The number of hydrogen-bond acceptors (Lipinski definition) is 6. The van der Waals surface area contributed by atoms with E-state index in [1.165, 1.54) is 19.3 Å². The fourth-order valence-corrected chi connectivity index (χ4v) is 2.50. The van der Waals surface area contributed by atoms with Gasteiger partial charge < -0.3 is 29.9 Å². The highest BCUT2D eigenvalue weighted by Gasteiger charge is 2.43. The Morgan fingerprint density at radius 2 is 1.55 bits per heavy atom. The van der Waals surface area contributed by atoms with Crippen LogP contribution < -0.4 is 0 Å². The summed E-state index contributed by atoms with van der Waals surface area (Å²) in [7, 11) is 0. The second-order valence-corrected chi connectivity index (χ2v) is 5.77. The van der Waals surface area contributed by atoms with Gasteiger partial charge in [-0.15, -0.1) is 6.58 Å². The highest BCUT2D eigenvalue weighted by atomic mass is 16.7. The molecule has 22 heavy (non-hydrogen) atoms. The Labute approximate surface area is 132 Å². The molecule has 1 heterocycles. The van der Waals surface area contributed by atoms with Gasteiger partial charge in [0.25, 0.3) is 0 Å². The number of hydrogen-bond donors (Lipinski definition) is 4. The number of aliphatic hydroxyl groups excluding tert-OH is 4. The normalized spacial score (nSPS) is 32.1. The molecule has 0 aromatic heterocycles. The number of allylic oxidation sites excluding steroid dienone is 1.